The minimum atomic E-state index is -1.40. The highest BCUT2D eigenvalue weighted by Gasteiger charge is 2.45. The second kappa shape index (κ2) is 14.2. The van der Waals surface area contributed by atoms with Crippen LogP contribution >= 0.6 is 0 Å². The number of nitrogens with zero attached hydrogens (tertiary/aromatic N) is 1. The third-order valence-electron chi connectivity index (χ3n) is 8.50. The predicted molar refractivity (Wildman–Crippen MR) is 156 cm³/mol. The Bertz CT molecular complexity index is 1260. The van der Waals surface area contributed by atoms with Gasteiger partial charge < -0.3 is 41.7 Å². The number of aliphatic hydroxyl groups is 2. The summed E-state index contributed by atoms with van der Waals surface area (Å²) in [5, 5.41) is 33.7. The van der Waals surface area contributed by atoms with E-state index in [-0.39, 0.29) is 19.4 Å². The molecule has 2 saturated heterocycles. The van der Waals surface area contributed by atoms with Crippen LogP contribution in [0.1, 0.15) is 52.0 Å². The third kappa shape index (κ3) is 7.72. The molecule has 0 aromatic heterocycles. The topological polar surface area (TPSA) is 206 Å². The number of carbonyl (C=O) groups is 6. The molecule has 1 aliphatic carbocycles. The van der Waals surface area contributed by atoms with Crippen molar-refractivity contribution in [3.8, 4) is 0 Å². The zero-order valence-electron chi connectivity index (χ0n) is 25.1. The Morgan fingerprint density at radius 2 is 1.64 bits per heavy atom. The van der Waals surface area contributed by atoms with E-state index in [0.717, 1.165) is 0 Å². The van der Waals surface area contributed by atoms with Gasteiger partial charge in [0.1, 0.15) is 30.3 Å². The first-order valence-electron chi connectivity index (χ1n) is 15.1. The van der Waals surface area contributed by atoms with Crippen LogP contribution in [0.25, 0.3) is 0 Å². The Morgan fingerprint density at radius 1 is 0.932 bits per heavy atom. The first-order chi connectivity index (χ1) is 20.8. The van der Waals surface area contributed by atoms with E-state index < -0.39 is 89.8 Å². The Labute approximate surface area is 255 Å². The number of rotatable bonds is 5. The maximum absolute atomic E-state index is 14.2. The molecule has 14 nitrogen and oxygen atoms in total. The number of fused-ring (bicyclic) bond motifs is 2. The molecule has 9 atom stereocenters. The quantitative estimate of drug-likeness (QED) is 0.194. The van der Waals surface area contributed by atoms with Crippen molar-refractivity contribution in [1.82, 2.24) is 31.5 Å². The number of aliphatic hydroxyl groups excluding tert-OH is 2. The van der Waals surface area contributed by atoms with Gasteiger partial charge in [0.05, 0.1) is 12.0 Å². The molecular weight excluding hydrogens is 572 g/mol. The number of carbonyl (C=O) groups excluding carboxylic acids is 6. The molecule has 0 radical (unpaired) electrons. The van der Waals surface area contributed by atoms with Crippen molar-refractivity contribution in [3.63, 3.8) is 0 Å². The highest BCUT2D eigenvalue weighted by atomic mass is 16.3. The summed E-state index contributed by atoms with van der Waals surface area (Å²) in [6.45, 7) is 4.04. The number of nitrogens with one attached hydrogen (secondary N) is 5. The van der Waals surface area contributed by atoms with Crippen LogP contribution in [0.4, 0.5) is 0 Å². The smallest absolute Gasteiger partial charge is 0.248 e. The van der Waals surface area contributed by atoms with Crippen molar-refractivity contribution < 1.29 is 39.0 Å². The summed E-state index contributed by atoms with van der Waals surface area (Å²) in [7, 11) is 0. The van der Waals surface area contributed by atoms with Crippen LogP contribution in [0, 0.1) is 5.92 Å². The van der Waals surface area contributed by atoms with Crippen molar-refractivity contribution in [1.29, 1.82) is 0 Å². The Kier molecular flexibility index (Phi) is 10.6. The van der Waals surface area contributed by atoms with Crippen molar-refractivity contribution in [2.24, 2.45) is 5.92 Å². The van der Waals surface area contributed by atoms with Gasteiger partial charge >= 0.3 is 0 Å². The van der Waals surface area contributed by atoms with E-state index in [2.05, 4.69) is 26.6 Å². The highest BCUT2D eigenvalue weighted by molar-refractivity contribution is 5.97. The molecule has 0 spiro atoms. The van der Waals surface area contributed by atoms with E-state index >= 15 is 0 Å². The summed E-state index contributed by atoms with van der Waals surface area (Å²) in [5.74, 6) is -4.42. The Morgan fingerprint density at radius 3 is 2.30 bits per heavy atom. The molecule has 1 aromatic rings. The van der Waals surface area contributed by atoms with Crippen LogP contribution in [0.15, 0.2) is 30.3 Å². The van der Waals surface area contributed by atoms with Gasteiger partial charge in [0, 0.05) is 25.0 Å². The van der Waals surface area contributed by atoms with Gasteiger partial charge in [-0.3, -0.25) is 28.8 Å². The third-order valence-corrected chi connectivity index (χ3v) is 8.50. The van der Waals surface area contributed by atoms with Gasteiger partial charge in [0.2, 0.25) is 35.4 Å². The van der Waals surface area contributed by atoms with Crippen LogP contribution in [-0.2, 0) is 35.2 Å². The molecule has 14 heteroatoms. The minimum Gasteiger partial charge on any atom is -0.391 e. The molecule has 7 N–H and O–H groups in total. The molecule has 0 unspecified atom stereocenters. The predicted octanol–water partition coefficient (Wildman–Crippen LogP) is -2.15. The maximum atomic E-state index is 14.2. The highest BCUT2D eigenvalue weighted by Crippen LogP contribution is 2.27. The average molecular weight is 615 g/mol. The Balaban J connectivity index is 1.71. The molecule has 2 aliphatic heterocycles. The first kappa shape index (κ1) is 32.9. The Hall–Kier alpha value is -4.04. The molecule has 3 fully saturated rings. The number of hydrogen-bond donors (Lipinski definition) is 7. The van der Waals surface area contributed by atoms with Gasteiger partial charge in [-0.05, 0) is 45.6 Å². The number of hydrogen-bond acceptors (Lipinski definition) is 8. The zero-order valence-corrected chi connectivity index (χ0v) is 25.1. The summed E-state index contributed by atoms with van der Waals surface area (Å²) in [6, 6.07) is 2.93. The molecule has 1 saturated carbocycles. The summed E-state index contributed by atoms with van der Waals surface area (Å²) in [5.41, 5.74) is 0.705. The largest absolute Gasteiger partial charge is 0.391 e. The number of amides is 6. The second-order valence-corrected chi connectivity index (χ2v) is 12.0. The SMILES string of the molecule is C[C@@H]1NC(=O)[C@@H]2C[C@@H](NC(=O)[C@@H](C)O)CN2C(=O)[C@H](Cc2ccccc2)NC(=O)[C@H]([C@@H](C)O)NC(=O)[C@@H]2CCC[C@H]2NC1=O. The normalized spacial score (nSPS) is 31.5. The van der Waals surface area contributed by atoms with E-state index in [1.807, 2.05) is 0 Å². The van der Waals surface area contributed by atoms with Crippen molar-refractivity contribution >= 4 is 35.4 Å². The van der Waals surface area contributed by atoms with E-state index in [4.69, 9.17) is 0 Å². The standard InChI is InChI=1S/C30H42N6O8/c1-15-25(39)33-21-11-7-10-20(21)27(41)35-24(16(2)37)29(43)34-22(12-18-8-5-4-6-9-18)30(44)36-14-19(32-26(40)17(3)38)13-23(36)28(42)31-15/h4-6,8-9,15-17,19-24,37-38H,7,10-14H2,1-3H3,(H,31,42)(H,32,40)(H,33,39)(H,34,43)(H,35,41)/t15-,16+,17+,19+,20+,21+,22-,23-,24-/m0/s1. The van der Waals surface area contributed by atoms with Gasteiger partial charge in [-0.2, -0.15) is 0 Å². The van der Waals surface area contributed by atoms with Crippen LogP contribution in [0.5, 0.6) is 0 Å². The molecule has 3 aliphatic rings. The van der Waals surface area contributed by atoms with E-state index in [1.165, 1.54) is 25.7 Å². The van der Waals surface area contributed by atoms with Crippen LogP contribution in [0.3, 0.4) is 0 Å². The fourth-order valence-corrected chi connectivity index (χ4v) is 6.06. The fourth-order valence-electron chi connectivity index (χ4n) is 6.06. The number of benzene rings is 1. The van der Waals surface area contributed by atoms with Gasteiger partial charge in [-0.1, -0.05) is 36.8 Å². The van der Waals surface area contributed by atoms with E-state index in [9.17, 15) is 39.0 Å². The second-order valence-electron chi connectivity index (χ2n) is 12.0. The molecule has 4 rings (SSSR count). The molecule has 1 aromatic carbocycles. The summed E-state index contributed by atoms with van der Waals surface area (Å²) in [4.78, 5) is 81.2. The molecule has 0 bridgehead atoms. The van der Waals surface area contributed by atoms with E-state index in [0.29, 0.717) is 24.8 Å². The molecule has 44 heavy (non-hydrogen) atoms. The summed E-state index contributed by atoms with van der Waals surface area (Å²) < 4.78 is 0. The van der Waals surface area contributed by atoms with Crippen molar-refractivity contribution in [2.75, 3.05) is 6.54 Å². The van der Waals surface area contributed by atoms with Gasteiger partial charge in [-0.25, -0.2) is 0 Å². The van der Waals surface area contributed by atoms with Gasteiger partial charge in [-0.15, -0.1) is 0 Å². The molecular formula is C30H42N6O8. The average Bonchev–Trinajstić information content (AvgIpc) is 3.62. The lowest BCUT2D eigenvalue weighted by atomic mass is 10.00. The van der Waals surface area contributed by atoms with Crippen molar-refractivity contribution in [2.45, 2.75) is 101 Å². The summed E-state index contributed by atoms with van der Waals surface area (Å²) in [6.07, 6.45) is -0.965. The van der Waals surface area contributed by atoms with Crippen LogP contribution < -0.4 is 26.6 Å². The van der Waals surface area contributed by atoms with Gasteiger partial charge in [0.15, 0.2) is 0 Å². The lowest BCUT2D eigenvalue weighted by molar-refractivity contribution is -0.143. The summed E-state index contributed by atoms with van der Waals surface area (Å²) >= 11 is 0. The fraction of sp³-hybridized carbons (Fsp3) is 0.600. The van der Waals surface area contributed by atoms with Crippen LogP contribution in [-0.4, -0.2) is 106 Å². The zero-order chi connectivity index (χ0) is 32.1. The monoisotopic (exact) mass is 614 g/mol. The lowest BCUT2D eigenvalue weighted by Crippen LogP contribution is -2.61. The lowest BCUT2D eigenvalue weighted by Gasteiger charge is -2.32. The van der Waals surface area contributed by atoms with Crippen molar-refractivity contribution in [3.05, 3.63) is 35.9 Å². The van der Waals surface area contributed by atoms with Crippen LogP contribution in [0.2, 0.25) is 0 Å². The molecule has 2 heterocycles. The first-order valence-corrected chi connectivity index (χ1v) is 15.1. The molecule has 6 amide bonds. The maximum Gasteiger partial charge on any atom is 0.248 e. The van der Waals surface area contributed by atoms with Gasteiger partial charge in [0.25, 0.3) is 0 Å². The molecule has 240 valence electrons. The van der Waals surface area contributed by atoms with E-state index in [1.54, 1.807) is 30.3 Å². The minimum absolute atomic E-state index is 0.00737.